The molecule has 0 aliphatic rings. The Hall–Kier alpha value is -1.80. The number of likely N-dealkylation sites (N-methyl/N-ethyl adjacent to an activating group) is 1. The number of phenolic OH excluding ortho intramolecular Hbond substituents is 1. The van der Waals surface area contributed by atoms with Crippen LogP contribution in [0.15, 0.2) is 6.07 Å². The molecule has 0 radical (unpaired) electrons. The maximum absolute atomic E-state index is 13.6. The van der Waals surface area contributed by atoms with E-state index >= 15 is 0 Å². The number of halogens is 3. The summed E-state index contributed by atoms with van der Waals surface area (Å²) in [5.41, 5.74) is 4.86. The van der Waals surface area contributed by atoms with Crippen LogP contribution in [0.4, 0.5) is 13.2 Å². The first-order chi connectivity index (χ1) is 9.29. The Morgan fingerprint density at radius 1 is 1.45 bits per heavy atom. The van der Waals surface area contributed by atoms with Crippen molar-refractivity contribution in [3.8, 4) is 5.75 Å². The van der Waals surface area contributed by atoms with E-state index in [1.807, 2.05) is 0 Å². The monoisotopic (exact) mass is 292 g/mol. The van der Waals surface area contributed by atoms with E-state index in [1.165, 1.54) is 14.2 Å². The molecule has 0 spiro atoms. The fraction of sp³-hybridized carbons (Fsp3) is 0.417. The normalized spacial score (nSPS) is 12.3. The summed E-state index contributed by atoms with van der Waals surface area (Å²) < 4.78 is 44.4. The van der Waals surface area contributed by atoms with E-state index < -0.39 is 40.7 Å². The summed E-state index contributed by atoms with van der Waals surface area (Å²) >= 11 is 0. The summed E-state index contributed by atoms with van der Waals surface area (Å²) in [6, 6.07) is -0.124. The minimum Gasteiger partial charge on any atom is -0.503 e. The number of aromatic hydroxyl groups is 1. The number of rotatable bonds is 5. The quantitative estimate of drug-likeness (QED) is 0.789. The molecular weight excluding hydrogens is 277 g/mol. The van der Waals surface area contributed by atoms with E-state index in [9.17, 15) is 18.0 Å². The second kappa shape index (κ2) is 6.58. The molecule has 1 unspecified atom stereocenters. The maximum atomic E-state index is 13.6. The lowest BCUT2D eigenvalue weighted by atomic mass is 10.1. The zero-order valence-electron chi connectivity index (χ0n) is 11.0. The molecule has 0 aromatic heterocycles. The van der Waals surface area contributed by atoms with Gasteiger partial charge in [0, 0.05) is 26.7 Å². The number of hydrogen-bond donors (Lipinski definition) is 2. The van der Waals surface area contributed by atoms with Gasteiger partial charge in [-0.1, -0.05) is 0 Å². The van der Waals surface area contributed by atoms with Gasteiger partial charge in [-0.2, -0.15) is 4.39 Å². The second-order valence-electron chi connectivity index (χ2n) is 4.28. The van der Waals surface area contributed by atoms with Crippen LogP contribution in [-0.4, -0.2) is 49.3 Å². The highest BCUT2D eigenvalue weighted by molar-refractivity contribution is 5.94. The number of methoxy groups -OCH3 is 1. The molecule has 5 nitrogen and oxygen atoms in total. The third kappa shape index (κ3) is 3.40. The van der Waals surface area contributed by atoms with Crippen molar-refractivity contribution in [1.82, 2.24) is 4.90 Å². The minimum atomic E-state index is -1.74. The Bertz CT molecular complexity index is 511. The fourth-order valence-electron chi connectivity index (χ4n) is 1.65. The summed E-state index contributed by atoms with van der Waals surface area (Å²) in [5.74, 6) is -7.22. The predicted octanol–water partition coefficient (Wildman–Crippen LogP) is 0.855. The van der Waals surface area contributed by atoms with Crippen LogP contribution in [-0.2, 0) is 4.74 Å². The summed E-state index contributed by atoms with van der Waals surface area (Å²) in [7, 11) is 2.74. The molecule has 20 heavy (non-hydrogen) atoms. The Morgan fingerprint density at radius 2 is 2.05 bits per heavy atom. The fourth-order valence-corrected chi connectivity index (χ4v) is 1.65. The third-order valence-electron chi connectivity index (χ3n) is 2.60. The van der Waals surface area contributed by atoms with Gasteiger partial charge in [0.1, 0.15) is 0 Å². The zero-order chi connectivity index (χ0) is 15.4. The van der Waals surface area contributed by atoms with Crippen LogP contribution in [0.3, 0.4) is 0 Å². The first-order valence-electron chi connectivity index (χ1n) is 5.66. The topological polar surface area (TPSA) is 75.8 Å². The lowest BCUT2D eigenvalue weighted by molar-refractivity contribution is 0.0758. The van der Waals surface area contributed by atoms with Crippen LogP contribution < -0.4 is 5.73 Å². The van der Waals surface area contributed by atoms with Gasteiger partial charge in [0.25, 0.3) is 5.91 Å². The van der Waals surface area contributed by atoms with Crippen LogP contribution in [0.2, 0.25) is 0 Å². The average Bonchev–Trinajstić information content (AvgIpc) is 2.39. The number of amides is 1. The van der Waals surface area contributed by atoms with Gasteiger partial charge in [0.2, 0.25) is 5.82 Å². The summed E-state index contributed by atoms with van der Waals surface area (Å²) in [4.78, 5) is 12.9. The van der Waals surface area contributed by atoms with Crippen LogP contribution in [0.25, 0.3) is 0 Å². The third-order valence-corrected chi connectivity index (χ3v) is 2.60. The molecule has 1 aromatic rings. The Kier molecular flexibility index (Phi) is 5.34. The molecule has 112 valence electrons. The first-order valence-corrected chi connectivity index (χ1v) is 5.66. The largest absolute Gasteiger partial charge is 0.503 e. The molecule has 0 bridgehead atoms. The highest BCUT2D eigenvalue weighted by atomic mass is 19.2. The number of hydrogen-bond acceptors (Lipinski definition) is 4. The molecule has 0 fully saturated rings. The van der Waals surface area contributed by atoms with E-state index in [2.05, 4.69) is 0 Å². The molecule has 0 aliphatic carbocycles. The van der Waals surface area contributed by atoms with Crippen molar-refractivity contribution in [2.24, 2.45) is 5.73 Å². The lowest BCUT2D eigenvalue weighted by Crippen LogP contribution is -2.41. The van der Waals surface area contributed by atoms with Gasteiger partial charge in [-0.3, -0.25) is 4.79 Å². The van der Waals surface area contributed by atoms with Crippen molar-refractivity contribution in [1.29, 1.82) is 0 Å². The zero-order valence-corrected chi connectivity index (χ0v) is 11.0. The first kappa shape index (κ1) is 16.3. The van der Waals surface area contributed by atoms with Crippen LogP contribution >= 0.6 is 0 Å². The maximum Gasteiger partial charge on any atom is 0.256 e. The standard InChI is InChI=1S/C12H15F3N2O3/c1-17(4-6(16)5-20-2)12(19)7-3-8(13)10(15)11(18)9(7)14/h3,6,18H,4-5,16H2,1-2H3. The molecule has 1 rings (SSSR count). The molecule has 1 aromatic carbocycles. The van der Waals surface area contributed by atoms with E-state index in [0.29, 0.717) is 6.07 Å². The average molecular weight is 292 g/mol. The molecule has 0 saturated carbocycles. The number of carbonyl (C=O) groups excluding carboxylic acids is 1. The van der Waals surface area contributed by atoms with Crippen molar-refractivity contribution < 1.29 is 27.8 Å². The molecular formula is C12H15F3N2O3. The molecule has 8 heteroatoms. The van der Waals surface area contributed by atoms with Crippen molar-refractivity contribution >= 4 is 5.91 Å². The highest BCUT2D eigenvalue weighted by Crippen LogP contribution is 2.26. The van der Waals surface area contributed by atoms with E-state index in [0.717, 1.165) is 4.90 Å². The van der Waals surface area contributed by atoms with E-state index in [1.54, 1.807) is 0 Å². The Labute approximate surface area is 113 Å². The van der Waals surface area contributed by atoms with Gasteiger partial charge in [0.05, 0.1) is 12.2 Å². The number of benzene rings is 1. The second-order valence-corrected chi connectivity index (χ2v) is 4.28. The molecule has 3 N–H and O–H groups in total. The number of ether oxygens (including phenoxy) is 1. The van der Waals surface area contributed by atoms with Crippen molar-refractivity contribution in [3.63, 3.8) is 0 Å². The molecule has 1 amide bonds. The van der Waals surface area contributed by atoms with Crippen molar-refractivity contribution in [2.45, 2.75) is 6.04 Å². The van der Waals surface area contributed by atoms with Crippen molar-refractivity contribution in [3.05, 3.63) is 29.1 Å². The van der Waals surface area contributed by atoms with E-state index in [-0.39, 0.29) is 13.2 Å². The van der Waals surface area contributed by atoms with Crippen molar-refractivity contribution in [2.75, 3.05) is 27.3 Å². The SMILES string of the molecule is COCC(N)CN(C)C(=O)c1cc(F)c(F)c(O)c1F. The lowest BCUT2D eigenvalue weighted by Gasteiger charge is -2.21. The summed E-state index contributed by atoms with van der Waals surface area (Å²) in [5, 5.41) is 9.06. The van der Waals surface area contributed by atoms with E-state index in [4.69, 9.17) is 15.6 Å². The van der Waals surface area contributed by atoms with Gasteiger partial charge in [-0.25, -0.2) is 8.78 Å². The predicted molar refractivity (Wildman–Crippen MR) is 64.8 cm³/mol. The van der Waals surface area contributed by atoms with Gasteiger partial charge >= 0.3 is 0 Å². The summed E-state index contributed by atoms with van der Waals surface area (Å²) in [6.45, 7) is 0.189. The van der Waals surface area contributed by atoms with Gasteiger partial charge in [-0.05, 0) is 6.07 Å². The number of nitrogens with two attached hydrogens (primary N) is 1. The van der Waals surface area contributed by atoms with Crippen LogP contribution in [0, 0.1) is 17.5 Å². The van der Waals surface area contributed by atoms with Crippen LogP contribution in [0.1, 0.15) is 10.4 Å². The van der Waals surface area contributed by atoms with Gasteiger partial charge < -0.3 is 20.5 Å². The van der Waals surface area contributed by atoms with Gasteiger partial charge in [-0.15, -0.1) is 0 Å². The minimum absolute atomic E-state index is 0.0197. The molecule has 0 saturated heterocycles. The smallest absolute Gasteiger partial charge is 0.256 e. The highest BCUT2D eigenvalue weighted by Gasteiger charge is 2.25. The molecule has 0 heterocycles. The number of nitrogens with zero attached hydrogens (tertiary/aromatic N) is 1. The molecule has 0 aliphatic heterocycles. The Morgan fingerprint density at radius 3 is 2.60 bits per heavy atom. The summed E-state index contributed by atoms with van der Waals surface area (Å²) in [6.07, 6.45) is 0. The van der Waals surface area contributed by atoms with Gasteiger partial charge in [0.15, 0.2) is 17.4 Å². The van der Waals surface area contributed by atoms with Crippen LogP contribution in [0.5, 0.6) is 5.75 Å². The molecule has 1 atom stereocenters. The number of carbonyl (C=O) groups is 1. The number of phenols is 1. The Balaban J connectivity index is 2.98.